The number of aromatic nitrogens is 2. The van der Waals surface area contributed by atoms with Gasteiger partial charge in [-0.1, -0.05) is 36.4 Å². The molecule has 2 heterocycles. The van der Waals surface area contributed by atoms with E-state index in [4.69, 9.17) is 9.47 Å². The minimum absolute atomic E-state index is 0. The van der Waals surface area contributed by atoms with E-state index in [0.717, 1.165) is 56.5 Å². The molecule has 2 saturated carbocycles. The molecular formula is C30H24FeN2O2+2. The van der Waals surface area contributed by atoms with Gasteiger partial charge in [-0.05, 0) is 75.6 Å². The van der Waals surface area contributed by atoms with Crippen LogP contribution in [0.2, 0.25) is 0 Å². The van der Waals surface area contributed by atoms with Crippen LogP contribution >= 0.6 is 0 Å². The van der Waals surface area contributed by atoms with Crippen LogP contribution in [0.3, 0.4) is 0 Å². The Morgan fingerprint density at radius 2 is 0.914 bits per heavy atom. The van der Waals surface area contributed by atoms with Gasteiger partial charge < -0.3 is 9.47 Å². The molecule has 2 aliphatic rings. The largest absolute Gasteiger partial charge is 2.00 e. The number of hydrogen-bond donors (Lipinski definition) is 0. The predicted molar refractivity (Wildman–Crippen MR) is 136 cm³/mol. The molecule has 0 bridgehead atoms. The minimum Gasteiger partial charge on any atom is -0.494 e. The van der Waals surface area contributed by atoms with Crippen LogP contribution in [0.4, 0.5) is 0 Å². The Hall–Kier alpha value is -2.62. The molecule has 0 N–H and O–H groups in total. The molecule has 0 atom stereocenters. The monoisotopic (exact) mass is 500 g/mol. The second-order valence-electron chi connectivity index (χ2n) is 7.80. The third-order valence-corrected chi connectivity index (χ3v) is 5.72. The van der Waals surface area contributed by atoms with Crippen molar-refractivity contribution in [1.82, 2.24) is 9.97 Å². The Balaban J connectivity index is 0.000000160. The summed E-state index contributed by atoms with van der Waals surface area (Å²) in [5.74, 6) is 3.91. The molecule has 5 heteroatoms. The van der Waals surface area contributed by atoms with Gasteiger partial charge in [0.1, 0.15) is 22.5 Å². The van der Waals surface area contributed by atoms with Gasteiger partial charge in [0.25, 0.3) is 0 Å². The smallest absolute Gasteiger partial charge is 0.494 e. The summed E-state index contributed by atoms with van der Waals surface area (Å²) in [5.41, 5.74) is 3.78. The number of methoxy groups -OCH3 is 2. The Bertz CT molecular complexity index is 1160. The second kappa shape index (κ2) is 11.9. The van der Waals surface area contributed by atoms with Crippen LogP contribution in [-0.2, 0) is 17.1 Å². The van der Waals surface area contributed by atoms with Crippen molar-refractivity contribution in [3.05, 3.63) is 135 Å². The van der Waals surface area contributed by atoms with E-state index < -0.39 is 0 Å². The molecule has 0 unspecified atom stereocenters. The van der Waals surface area contributed by atoms with Crippen molar-refractivity contribution < 1.29 is 26.5 Å². The Morgan fingerprint density at radius 3 is 1.29 bits per heavy atom. The number of rotatable bonds is 4. The van der Waals surface area contributed by atoms with Crippen molar-refractivity contribution in [2.75, 3.05) is 14.2 Å². The number of fused-ring (bicyclic) bond motifs is 2. The van der Waals surface area contributed by atoms with Crippen molar-refractivity contribution in [3.8, 4) is 11.5 Å². The van der Waals surface area contributed by atoms with E-state index in [1.165, 1.54) is 0 Å². The average molecular weight is 500 g/mol. The molecule has 4 nitrogen and oxygen atoms in total. The Labute approximate surface area is 218 Å². The first-order chi connectivity index (χ1) is 16.8. The number of para-hydroxylation sites is 2. The number of pyridine rings is 2. The van der Waals surface area contributed by atoms with Gasteiger partial charge in [0.2, 0.25) is 0 Å². The van der Waals surface area contributed by atoms with Crippen molar-refractivity contribution in [2.24, 2.45) is 0 Å². The van der Waals surface area contributed by atoms with E-state index in [1.807, 2.05) is 74.2 Å². The van der Waals surface area contributed by atoms with Crippen LogP contribution in [0.1, 0.15) is 11.4 Å². The molecule has 2 fully saturated rings. The molecule has 0 aliphatic heterocycles. The van der Waals surface area contributed by atoms with Gasteiger partial charge in [0, 0.05) is 34.0 Å². The van der Waals surface area contributed by atoms with Crippen molar-refractivity contribution >= 4 is 21.8 Å². The minimum atomic E-state index is 0. The summed E-state index contributed by atoms with van der Waals surface area (Å²) in [6.45, 7) is 0. The predicted octanol–water partition coefficient (Wildman–Crippen LogP) is 5.99. The van der Waals surface area contributed by atoms with Gasteiger partial charge >= 0.3 is 17.1 Å². The molecule has 172 valence electrons. The van der Waals surface area contributed by atoms with Crippen LogP contribution < -0.4 is 9.47 Å². The topological polar surface area (TPSA) is 44.2 Å². The third-order valence-electron chi connectivity index (χ3n) is 5.72. The zero-order valence-corrected chi connectivity index (χ0v) is 20.6. The van der Waals surface area contributed by atoms with Crippen LogP contribution in [-0.4, -0.2) is 24.2 Å². The molecule has 6 rings (SSSR count). The van der Waals surface area contributed by atoms with E-state index in [0.29, 0.717) is 0 Å². The van der Waals surface area contributed by atoms with Crippen molar-refractivity contribution in [3.63, 3.8) is 0 Å². The standard InChI is InChI=1S/2C15H12NO.Fe/c2*1-17-14-8-4-7-12-9-10-13(16-15(12)14)11-5-2-3-6-11;/h2*2-10H,1H3;/q;;+2. The normalized spacial score (nSPS) is 16.1. The molecule has 2 aromatic carbocycles. The maximum atomic E-state index is 5.34. The Kier molecular flexibility index (Phi) is 8.64. The van der Waals surface area contributed by atoms with Gasteiger partial charge in [-0.3, -0.25) is 0 Å². The maximum Gasteiger partial charge on any atom is 2.00 e. The molecule has 10 radical (unpaired) electrons. The number of ether oxygens (including phenoxy) is 2. The number of hydrogen-bond acceptors (Lipinski definition) is 4. The van der Waals surface area contributed by atoms with E-state index in [1.54, 1.807) is 14.2 Å². The van der Waals surface area contributed by atoms with Gasteiger partial charge in [-0.25, -0.2) is 9.97 Å². The summed E-state index contributed by atoms with van der Waals surface area (Å²) < 4.78 is 10.7. The van der Waals surface area contributed by atoms with Gasteiger partial charge in [-0.15, -0.1) is 0 Å². The van der Waals surface area contributed by atoms with Crippen LogP contribution in [0, 0.1) is 63.2 Å². The second-order valence-corrected chi connectivity index (χ2v) is 7.80. The summed E-state index contributed by atoms with van der Waals surface area (Å²) in [7, 11) is 3.34. The molecule has 2 aliphatic carbocycles. The first-order valence-electron chi connectivity index (χ1n) is 11.1. The van der Waals surface area contributed by atoms with Gasteiger partial charge in [-0.2, -0.15) is 0 Å². The third kappa shape index (κ3) is 5.63. The van der Waals surface area contributed by atoms with E-state index in [2.05, 4.69) is 47.8 Å². The molecular weight excluding hydrogens is 476 g/mol. The molecule has 4 aromatic rings. The molecule has 0 spiro atoms. The molecule has 0 saturated heterocycles. The zero-order valence-electron chi connectivity index (χ0n) is 19.5. The van der Waals surface area contributed by atoms with E-state index in [9.17, 15) is 0 Å². The number of nitrogens with zero attached hydrogens (tertiary/aromatic N) is 2. The first-order valence-corrected chi connectivity index (χ1v) is 11.1. The molecule has 0 amide bonds. The van der Waals surface area contributed by atoms with Crippen molar-refractivity contribution in [1.29, 1.82) is 0 Å². The van der Waals surface area contributed by atoms with Crippen LogP contribution in [0.5, 0.6) is 11.5 Å². The first kappa shape index (κ1) is 25.5. The van der Waals surface area contributed by atoms with Gasteiger partial charge in [0.05, 0.1) is 14.2 Å². The zero-order chi connectivity index (χ0) is 23.3. The average Bonchev–Trinajstić information content (AvgIpc) is 3.63. The fourth-order valence-corrected chi connectivity index (χ4v) is 3.98. The summed E-state index contributed by atoms with van der Waals surface area (Å²) >= 11 is 0. The summed E-state index contributed by atoms with van der Waals surface area (Å²) in [5, 5.41) is 2.19. The fraction of sp³-hybridized carbons (Fsp3) is 0.0667. The van der Waals surface area contributed by atoms with E-state index in [-0.39, 0.29) is 17.1 Å². The summed E-state index contributed by atoms with van der Waals surface area (Å²) in [6, 6.07) is 20.1. The van der Waals surface area contributed by atoms with Crippen LogP contribution in [0.25, 0.3) is 21.8 Å². The van der Waals surface area contributed by atoms with E-state index >= 15 is 0 Å². The number of benzene rings is 2. The SMILES string of the molecule is COc1cccc2ccc([C]3[CH][CH][CH][CH]3)nc12.COc1cccc2ccc([C]3[CH][CH][CH][CH]3)nc12.[Fe+2]. The molecule has 2 aromatic heterocycles. The fourth-order valence-electron chi connectivity index (χ4n) is 3.98. The summed E-state index contributed by atoms with van der Waals surface area (Å²) in [4.78, 5) is 9.33. The van der Waals surface area contributed by atoms with Crippen molar-refractivity contribution in [2.45, 2.75) is 0 Å². The quantitative estimate of drug-likeness (QED) is 0.323. The van der Waals surface area contributed by atoms with Gasteiger partial charge in [0.15, 0.2) is 0 Å². The maximum absolute atomic E-state index is 5.34. The molecule has 35 heavy (non-hydrogen) atoms. The summed E-state index contributed by atoms with van der Waals surface area (Å²) in [6.07, 6.45) is 16.3. The van der Waals surface area contributed by atoms with Crippen LogP contribution in [0.15, 0.2) is 60.7 Å². The Morgan fingerprint density at radius 1 is 0.514 bits per heavy atom.